The molecule has 6 aromatic carbocycles. The summed E-state index contributed by atoms with van der Waals surface area (Å²) < 4.78 is 6.46. The maximum absolute atomic E-state index is 6.46. The van der Waals surface area contributed by atoms with E-state index in [4.69, 9.17) is 4.42 Å². The zero-order valence-electron chi connectivity index (χ0n) is 22.6. The number of hydrogen-bond donors (Lipinski definition) is 0. The summed E-state index contributed by atoms with van der Waals surface area (Å²) in [4.78, 5) is 0. The summed E-state index contributed by atoms with van der Waals surface area (Å²) in [5, 5.41) is 2.36. The van der Waals surface area contributed by atoms with Crippen molar-refractivity contribution in [2.24, 2.45) is 0 Å². The highest BCUT2D eigenvalue weighted by atomic mass is 16.3. The van der Waals surface area contributed by atoms with Crippen LogP contribution in [0.15, 0.2) is 138 Å². The van der Waals surface area contributed by atoms with Crippen LogP contribution in [-0.2, 0) is 5.41 Å². The largest absolute Gasteiger partial charge is 0.455 e. The summed E-state index contributed by atoms with van der Waals surface area (Å²) in [6.45, 7) is 4.30. The van der Waals surface area contributed by atoms with Crippen molar-refractivity contribution in [1.82, 2.24) is 0 Å². The first-order valence-electron chi connectivity index (χ1n) is 13.9. The Balaban J connectivity index is 1.37. The number of furan rings is 1. The van der Waals surface area contributed by atoms with Crippen LogP contribution >= 0.6 is 0 Å². The fourth-order valence-corrected chi connectivity index (χ4v) is 6.96. The van der Waals surface area contributed by atoms with Crippen LogP contribution in [0.2, 0.25) is 0 Å². The van der Waals surface area contributed by atoms with Crippen LogP contribution in [0, 0.1) is 13.8 Å². The fraction of sp³-hybridized carbons (Fsp3) is 0.0769. The van der Waals surface area contributed by atoms with Gasteiger partial charge in [0.25, 0.3) is 0 Å². The molecular weight excluding hydrogens is 484 g/mol. The van der Waals surface area contributed by atoms with E-state index in [9.17, 15) is 0 Å². The maximum atomic E-state index is 6.46. The smallest absolute Gasteiger partial charge is 0.143 e. The molecular formula is C39H28O. The average Bonchev–Trinajstić information content (AvgIpc) is 3.51. The summed E-state index contributed by atoms with van der Waals surface area (Å²) in [7, 11) is 0. The lowest BCUT2D eigenvalue weighted by molar-refractivity contribution is 0.670. The van der Waals surface area contributed by atoms with Gasteiger partial charge in [-0.3, -0.25) is 0 Å². The minimum absolute atomic E-state index is 0.383. The molecule has 1 nitrogen and oxygen atoms in total. The van der Waals surface area contributed by atoms with E-state index in [1.54, 1.807) is 0 Å². The maximum Gasteiger partial charge on any atom is 0.143 e. The predicted molar refractivity (Wildman–Crippen MR) is 166 cm³/mol. The van der Waals surface area contributed by atoms with Crippen molar-refractivity contribution < 1.29 is 4.42 Å². The van der Waals surface area contributed by atoms with Crippen LogP contribution in [-0.4, -0.2) is 0 Å². The average molecular weight is 513 g/mol. The lowest BCUT2D eigenvalue weighted by atomic mass is 9.67. The van der Waals surface area contributed by atoms with Crippen LogP contribution in [0.25, 0.3) is 44.2 Å². The Bertz CT molecular complexity index is 2010. The normalized spacial score (nSPS) is 13.4. The Morgan fingerprint density at radius 2 is 1.07 bits per heavy atom. The molecule has 0 radical (unpaired) electrons. The van der Waals surface area contributed by atoms with E-state index in [2.05, 4.69) is 147 Å². The zero-order chi connectivity index (χ0) is 26.8. The Hall–Kier alpha value is -4.88. The van der Waals surface area contributed by atoms with Crippen LogP contribution in [0.4, 0.5) is 0 Å². The molecule has 1 aliphatic rings. The molecule has 190 valence electrons. The van der Waals surface area contributed by atoms with Crippen molar-refractivity contribution in [2.45, 2.75) is 19.3 Å². The molecule has 0 aliphatic heterocycles. The van der Waals surface area contributed by atoms with Crippen LogP contribution in [0.1, 0.15) is 33.4 Å². The van der Waals surface area contributed by atoms with Crippen LogP contribution in [0.3, 0.4) is 0 Å². The van der Waals surface area contributed by atoms with Gasteiger partial charge >= 0.3 is 0 Å². The summed E-state index contributed by atoms with van der Waals surface area (Å²) in [6.07, 6.45) is 0. The highest BCUT2D eigenvalue weighted by Gasteiger charge is 2.45. The minimum atomic E-state index is -0.383. The van der Waals surface area contributed by atoms with Gasteiger partial charge in [-0.1, -0.05) is 115 Å². The first-order valence-corrected chi connectivity index (χ1v) is 13.9. The molecule has 0 bridgehead atoms. The Labute approximate surface area is 234 Å². The van der Waals surface area contributed by atoms with Gasteiger partial charge in [-0.15, -0.1) is 0 Å². The van der Waals surface area contributed by atoms with Gasteiger partial charge in [-0.25, -0.2) is 0 Å². The van der Waals surface area contributed by atoms with E-state index in [0.717, 1.165) is 22.3 Å². The molecule has 0 saturated carbocycles. The van der Waals surface area contributed by atoms with Gasteiger partial charge in [-0.2, -0.15) is 0 Å². The summed E-state index contributed by atoms with van der Waals surface area (Å²) in [6, 6.07) is 48.8. The predicted octanol–water partition coefficient (Wildman–Crippen LogP) is 10.2. The third-order valence-electron chi connectivity index (χ3n) is 8.66. The van der Waals surface area contributed by atoms with E-state index in [1.165, 1.54) is 55.3 Å². The third kappa shape index (κ3) is 3.15. The van der Waals surface area contributed by atoms with Crippen molar-refractivity contribution in [3.8, 4) is 22.3 Å². The van der Waals surface area contributed by atoms with Crippen molar-refractivity contribution in [3.05, 3.63) is 167 Å². The number of fused-ring (bicyclic) bond motifs is 6. The number of benzene rings is 6. The molecule has 7 aromatic rings. The Morgan fingerprint density at radius 3 is 1.77 bits per heavy atom. The summed E-state index contributed by atoms with van der Waals surface area (Å²) in [5.41, 5.74) is 14.1. The molecule has 0 atom stereocenters. The summed E-state index contributed by atoms with van der Waals surface area (Å²) >= 11 is 0. The quantitative estimate of drug-likeness (QED) is 0.229. The SMILES string of the molecule is Cc1ccc2oc3c(-c4ccc(C5(c6ccccc6)c6ccccc6-c6ccccc65)cc4)cc(C)cc3c2c1. The molecule has 0 fully saturated rings. The molecule has 8 rings (SSSR count). The Kier molecular flexibility index (Phi) is 4.93. The van der Waals surface area contributed by atoms with Crippen LogP contribution < -0.4 is 0 Å². The highest BCUT2D eigenvalue weighted by molar-refractivity contribution is 6.10. The van der Waals surface area contributed by atoms with E-state index in [0.29, 0.717) is 0 Å². The molecule has 0 N–H and O–H groups in total. The first-order chi connectivity index (χ1) is 19.6. The molecule has 1 aliphatic carbocycles. The highest BCUT2D eigenvalue weighted by Crippen LogP contribution is 2.56. The van der Waals surface area contributed by atoms with Crippen molar-refractivity contribution >= 4 is 21.9 Å². The summed E-state index contributed by atoms with van der Waals surface area (Å²) in [5.74, 6) is 0. The molecule has 0 amide bonds. The second-order valence-electron chi connectivity index (χ2n) is 11.1. The van der Waals surface area contributed by atoms with Gasteiger partial charge in [-0.05, 0) is 82.6 Å². The van der Waals surface area contributed by atoms with Gasteiger partial charge in [0.2, 0.25) is 0 Å². The monoisotopic (exact) mass is 512 g/mol. The topological polar surface area (TPSA) is 13.1 Å². The minimum Gasteiger partial charge on any atom is -0.455 e. The molecule has 1 heteroatoms. The molecule has 0 spiro atoms. The van der Waals surface area contributed by atoms with Gasteiger partial charge in [0.1, 0.15) is 11.2 Å². The molecule has 0 unspecified atom stereocenters. The van der Waals surface area contributed by atoms with Gasteiger partial charge in [0, 0.05) is 16.3 Å². The number of hydrogen-bond acceptors (Lipinski definition) is 1. The Morgan fingerprint density at radius 1 is 0.475 bits per heavy atom. The van der Waals surface area contributed by atoms with Crippen molar-refractivity contribution in [1.29, 1.82) is 0 Å². The van der Waals surface area contributed by atoms with Crippen molar-refractivity contribution in [3.63, 3.8) is 0 Å². The van der Waals surface area contributed by atoms with E-state index in [-0.39, 0.29) is 5.41 Å². The second-order valence-corrected chi connectivity index (χ2v) is 11.1. The fourth-order valence-electron chi connectivity index (χ4n) is 6.96. The first kappa shape index (κ1) is 23.0. The second kappa shape index (κ2) is 8.56. The van der Waals surface area contributed by atoms with Gasteiger partial charge in [0.15, 0.2) is 0 Å². The lowest BCUT2D eigenvalue weighted by Crippen LogP contribution is -2.28. The lowest BCUT2D eigenvalue weighted by Gasteiger charge is -2.34. The number of aryl methyl sites for hydroxylation is 2. The third-order valence-corrected chi connectivity index (χ3v) is 8.66. The van der Waals surface area contributed by atoms with E-state index >= 15 is 0 Å². The molecule has 1 heterocycles. The molecule has 0 saturated heterocycles. The van der Waals surface area contributed by atoms with Crippen molar-refractivity contribution in [2.75, 3.05) is 0 Å². The standard InChI is InChI=1S/C39H28O/c1-25-16-21-37-33(22-25)34-24-26(2)23-32(38(34)40-37)27-17-19-29(20-18-27)39(28-10-4-3-5-11-28)35-14-8-6-12-30(35)31-13-7-9-15-36(31)39/h3-24H,1-2H3. The van der Waals surface area contributed by atoms with E-state index in [1.807, 2.05) is 0 Å². The van der Waals surface area contributed by atoms with Gasteiger partial charge in [0.05, 0.1) is 5.41 Å². The number of rotatable bonds is 3. The van der Waals surface area contributed by atoms with Gasteiger partial charge < -0.3 is 4.42 Å². The zero-order valence-corrected chi connectivity index (χ0v) is 22.6. The molecule has 1 aromatic heterocycles. The van der Waals surface area contributed by atoms with E-state index < -0.39 is 0 Å². The molecule has 40 heavy (non-hydrogen) atoms. The van der Waals surface area contributed by atoms with Crippen LogP contribution in [0.5, 0.6) is 0 Å².